The van der Waals surface area contributed by atoms with Crippen molar-refractivity contribution in [2.24, 2.45) is 0 Å². The molecule has 0 fully saturated rings. The maximum Gasteiger partial charge on any atom is 0.407 e. The van der Waals surface area contributed by atoms with E-state index in [0.717, 1.165) is 26.6 Å². The van der Waals surface area contributed by atoms with Crippen LogP contribution in [0, 0.1) is 0 Å². The first-order valence-corrected chi connectivity index (χ1v) is 14.0. The molecule has 40 heavy (non-hydrogen) atoms. The smallest absolute Gasteiger partial charge is 0.407 e. The second-order valence-electron chi connectivity index (χ2n) is 10.3. The van der Waals surface area contributed by atoms with Gasteiger partial charge in [-0.1, -0.05) is 60.7 Å². The molecule has 0 spiro atoms. The molecule has 1 heterocycles. The van der Waals surface area contributed by atoms with Crippen LogP contribution in [0.4, 0.5) is 4.79 Å². The summed E-state index contributed by atoms with van der Waals surface area (Å²) in [7, 11) is 0. The molecule has 0 bridgehead atoms. The summed E-state index contributed by atoms with van der Waals surface area (Å²) in [4.78, 5) is 26.3. The summed E-state index contributed by atoms with van der Waals surface area (Å²) in [5.74, 6) is 0.853. The average Bonchev–Trinajstić information content (AvgIpc) is 3.28. The highest BCUT2D eigenvalue weighted by Gasteiger charge is 2.24. The predicted octanol–water partition coefficient (Wildman–Crippen LogP) is 8.72. The lowest BCUT2D eigenvalue weighted by molar-refractivity contribution is 0.0505. The van der Waals surface area contributed by atoms with Gasteiger partial charge in [0.2, 0.25) is 0 Å². The van der Waals surface area contributed by atoms with Gasteiger partial charge in [0, 0.05) is 20.5 Å². The molecule has 0 unspecified atom stereocenters. The van der Waals surface area contributed by atoms with Crippen molar-refractivity contribution in [3.8, 4) is 22.6 Å². The Morgan fingerprint density at radius 1 is 0.850 bits per heavy atom. The lowest BCUT2D eigenvalue weighted by Crippen LogP contribution is -2.32. The Kier molecular flexibility index (Phi) is 7.76. The number of benzene rings is 4. The van der Waals surface area contributed by atoms with Crippen LogP contribution in [-0.4, -0.2) is 24.3 Å². The number of para-hydroxylation sites is 1. The maximum atomic E-state index is 13.2. The summed E-state index contributed by atoms with van der Waals surface area (Å²) in [5.41, 5.74) is 1.70. The summed E-state index contributed by atoms with van der Waals surface area (Å²) >= 11 is 1.44. The molecule has 0 radical (unpaired) electrons. The van der Waals surface area contributed by atoms with Crippen LogP contribution >= 0.6 is 11.3 Å². The highest BCUT2D eigenvalue weighted by atomic mass is 32.1. The lowest BCUT2D eigenvalue weighted by atomic mass is 9.96. The molecule has 5 aromatic rings. The van der Waals surface area contributed by atoms with Crippen molar-refractivity contribution in [3.05, 3.63) is 95.4 Å². The Hall–Kier alpha value is -4.36. The monoisotopic (exact) mass is 553 g/mol. The third-order valence-corrected chi connectivity index (χ3v) is 7.34. The summed E-state index contributed by atoms with van der Waals surface area (Å²) in [6.07, 6.45) is -0.552. The number of nitrogens with one attached hydrogen (secondary N) is 1. The van der Waals surface area contributed by atoms with Crippen LogP contribution in [0.3, 0.4) is 0 Å². The standard InChI is InChI=1S/C33H31NO5S/c1-5-37-31(35)30-26-18-27(38-22-14-7-6-8-15-22)25(24-17-11-13-21-12-9-10-16-23(21)24)19-28(26)40-29(30)20-34-32(36)39-33(2,3)4/h6-19H,5,20H2,1-4H3,(H,34,36). The van der Waals surface area contributed by atoms with E-state index < -0.39 is 17.7 Å². The van der Waals surface area contributed by atoms with Crippen molar-refractivity contribution in [2.75, 3.05) is 6.61 Å². The molecule has 6 nitrogen and oxygen atoms in total. The fourth-order valence-corrected chi connectivity index (χ4v) is 5.72. The average molecular weight is 554 g/mol. The largest absolute Gasteiger partial charge is 0.462 e. The topological polar surface area (TPSA) is 73.9 Å². The minimum Gasteiger partial charge on any atom is -0.462 e. The van der Waals surface area contributed by atoms with Crippen molar-refractivity contribution < 1.29 is 23.8 Å². The SMILES string of the molecule is CCOC(=O)c1c(CNC(=O)OC(C)(C)C)sc2cc(-c3cccc4ccccc34)c(Oc3ccccc3)cc12. The van der Waals surface area contributed by atoms with Crippen molar-refractivity contribution in [1.82, 2.24) is 5.32 Å². The molecule has 0 aliphatic heterocycles. The number of hydrogen-bond acceptors (Lipinski definition) is 6. The fraction of sp³-hybridized carbons (Fsp3) is 0.212. The van der Waals surface area contributed by atoms with Gasteiger partial charge in [0.1, 0.15) is 17.1 Å². The number of hydrogen-bond donors (Lipinski definition) is 1. The molecule has 0 aliphatic carbocycles. The molecule has 4 aromatic carbocycles. The van der Waals surface area contributed by atoms with Gasteiger partial charge in [-0.05, 0) is 68.3 Å². The number of esters is 1. The number of alkyl carbamates (subject to hydrolysis) is 1. The highest BCUT2D eigenvalue weighted by molar-refractivity contribution is 7.19. The number of carbonyl (C=O) groups excluding carboxylic acids is 2. The zero-order valence-corrected chi connectivity index (χ0v) is 23.8. The molecule has 1 amide bonds. The molecule has 5 rings (SSSR count). The fourth-order valence-electron chi connectivity index (χ4n) is 4.56. The molecule has 204 valence electrons. The Labute approximate surface area is 237 Å². The van der Waals surface area contributed by atoms with Crippen LogP contribution in [0.1, 0.15) is 42.9 Å². The van der Waals surface area contributed by atoms with Gasteiger partial charge in [-0.25, -0.2) is 9.59 Å². The van der Waals surface area contributed by atoms with Gasteiger partial charge in [-0.15, -0.1) is 11.3 Å². The summed E-state index contributed by atoms with van der Waals surface area (Å²) in [6.45, 7) is 7.54. The van der Waals surface area contributed by atoms with Crippen molar-refractivity contribution in [2.45, 2.75) is 39.8 Å². The Morgan fingerprint density at radius 3 is 2.33 bits per heavy atom. The van der Waals surface area contributed by atoms with E-state index in [4.69, 9.17) is 14.2 Å². The number of amides is 1. The van der Waals surface area contributed by atoms with E-state index in [-0.39, 0.29) is 13.2 Å². The normalized spacial score (nSPS) is 11.4. The molecule has 0 atom stereocenters. The van der Waals surface area contributed by atoms with E-state index in [1.165, 1.54) is 11.3 Å². The maximum absolute atomic E-state index is 13.2. The molecule has 0 saturated carbocycles. The second-order valence-corrected chi connectivity index (χ2v) is 11.4. The third kappa shape index (κ3) is 5.95. The van der Waals surface area contributed by atoms with Gasteiger partial charge >= 0.3 is 12.1 Å². The third-order valence-electron chi connectivity index (χ3n) is 6.19. The zero-order chi connectivity index (χ0) is 28.3. The summed E-state index contributed by atoms with van der Waals surface area (Å²) < 4.78 is 18.2. The first-order valence-electron chi connectivity index (χ1n) is 13.2. The van der Waals surface area contributed by atoms with E-state index in [9.17, 15) is 9.59 Å². The van der Waals surface area contributed by atoms with Gasteiger partial charge < -0.3 is 19.5 Å². The summed E-state index contributed by atoms with van der Waals surface area (Å²) in [6, 6.07) is 27.9. The van der Waals surface area contributed by atoms with Crippen molar-refractivity contribution in [3.63, 3.8) is 0 Å². The first kappa shape index (κ1) is 27.2. The Balaban J connectivity index is 1.67. The molecule has 7 heteroatoms. The zero-order valence-electron chi connectivity index (χ0n) is 22.9. The minimum atomic E-state index is -0.634. The van der Waals surface area contributed by atoms with Gasteiger partial charge in [0.05, 0.1) is 18.7 Å². The van der Waals surface area contributed by atoms with Crippen molar-refractivity contribution in [1.29, 1.82) is 0 Å². The van der Waals surface area contributed by atoms with Crippen molar-refractivity contribution >= 4 is 44.3 Å². The molecular formula is C33H31NO5S. The molecule has 1 aromatic heterocycles. The van der Waals surface area contributed by atoms with Crippen LogP contribution in [0.2, 0.25) is 0 Å². The van der Waals surface area contributed by atoms with E-state index >= 15 is 0 Å². The summed E-state index contributed by atoms with van der Waals surface area (Å²) in [5, 5.41) is 5.71. The molecule has 0 saturated heterocycles. The van der Waals surface area contributed by atoms with Gasteiger partial charge in [-0.3, -0.25) is 0 Å². The second kappa shape index (κ2) is 11.4. The van der Waals surface area contributed by atoms with Gasteiger partial charge in [0.25, 0.3) is 0 Å². The van der Waals surface area contributed by atoms with Crippen LogP contribution in [0.5, 0.6) is 11.5 Å². The molecular weight excluding hydrogens is 522 g/mol. The Bertz CT molecular complexity index is 1680. The lowest BCUT2D eigenvalue weighted by Gasteiger charge is -2.19. The molecule has 1 N–H and O–H groups in total. The first-order chi connectivity index (χ1) is 19.2. The number of fused-ring (bicyclic) bond motifs is 2. The van der Waals surface area contributed by atoms with Gasteiger partial charge in [-0.2, -0.15) is 0 Å². The van der Waals surface area contributed by atoms with E-state index in [1.54, 1.807) is 27.7 Å². The van der Waals surface area contributed by atoms with Gasteiger partial charge in [0.15, 0.2) is 0 Å². The quantitative estimate of drug-likeness (QED) is 0.204. The highest BCUT2D eigenvalue weighted by Crippen LogP contribution is 2.43. The minimum absolute atomic E-state index is 0.126. The van der Waals surface area contributed by atoms with E-state index in [0.29, 0.717) is 27.3 Å². The van der Waals surface area contributed by atoms with Crippen LogP contribution < -0.4 is 10.1 Å². The van der Waals surface area contributed by atoms with Crippen LogP contribution in [-0.2, 0) is 16.0 Å². The van der Waals surface area contributed by atoms with E-state index in [2.05, 4.69) is 35.6 Å². The van der Waals surface area contributed by atoms with Crippen LogP contribution in [0.25, 0.3) is 32.0 Å². The predicted molar refractivity (Wildman–Crippen MR) is 160 cm³/mol. The number of ether oxygens (including phenoxy) is 3. The number of thiophene rings is 1. The number of carbonyl (C=O) groups is 2. The molecule has 0 aliphatic rings. The Morgan fingerprint density at radius 2 is 1.57 bits per heavy atom. The van der Waals surface area contributed by atoms with E-state index in [1.807, 2.05) is 54.6 Å². The van der Waals surface area contributed by atoms with Crippen LogP contribution in [0.15, 0.2) is 84.9 Å². The number of rotatable bonds is 7.